The van der Waals surface area contributed by atoms with E-state index in [-0.39, 0.29) is 18.8 Å². The van der Waals surface area contributed by atoms with Gasteiger partial charge in [0.15, 0.2) is 0 Å². The highest BCUT2D eigenvalue weighted by molar-refractivity contribution is 4.64. The normalized spacial score (nSPS) is 10.9. The van der Waals surface area contributed by atoms with Gasteiger partial charge in [0.05, 0.1) is 0 Å². The van der Waals surface area contributed by atoms with Crippen LogP contribution in [-0.4, -0.2) is 5.92 Å². The van der Waals surface area contributed by atoms with Crippen LogP contribution in [-0.2, 0) is 0 Å². The molecule has 0 amide bonds. The van der Waals surface area contributed by atoms with Crippen LogP contribution in [0.25, 0.3) is 0 Å². The van der Waals surface area contributed by atoms with Gasteiger partial charge < -0.3 is 0 Å². The number of alkyl halides is 2. The first-order chi connectivity index (χ1) is 4.98. The van der Waals surface area contributed by atoms with Crippen LogP contribution >= 0.6 is 0 Å². The van der Waals surface area contributed by atoms with E-state index < -0.39 is 5.92 Å². The Morgan fingerprint density at radius 2 is 1.55 bits per heavy atom. The number of rotatable bonds is 3. The van der Waals surface area contributed by atoms with Crippen molar-refractivity contribution in [3.63, 3.8) is 0 Å². The van der Waals surface area contributed by atoms with Crippen molar-refractivity contribution in [1.29, 1.82) is 0 Å². The fraction of sp³-hybridized carbons (Fsp3) is 1.00. The van der Waals surface area contributed by atoms with Crippen molar-refractivity contribution in [1.82, 2.24) is 0 Å². The van der Waals surface area contributed by atoms with E-state index in [4.69, 9.17) is 0 Å². The Kier molecular flexibility index (Phi) is 8.02. The molecule has 0 N–H and O–H groups in total. The molecule has 0 fully saturated rings. The maximum absolute atomic E-state index is 12.4. The Balaban J connectivity index is 0. The predicted molar refractivity (Wildman–Crippen MR) is 46.0 cm³/mol. The van der Waals surface area contributed by atoms with E-state index in [1.807, 2.05) is 27.7 Å². The smallest absolute Gasteiger partial charge is 0.207 e. The first-order valence-electron chi connectivity index (χ1n) is 4.36. The third-order valence-corrected chi connectivity index (χ3v) is 1.22. The summed E-state index contributed by atoms with van der Waals surface area (Å²) < 4.78 is 24.8. The summed E-state index contributed by atoms with van der Waals surface area (Å²) in [6.45, 7) is 9.13. The topological polar surface area (TPSA) is 0 Å². The fourth-order valence-electron chi connectivity index (χ4n) is 0.742. The van der Waals surface area contributed by atoms with E-state index in [1.165, 1.54) is 6.92 Å². The van der Waals surface area contributed by atoms with Gasteiger partial charge in [-0.15, -0.1) is 0 Å². The molecule has 70 valence electrons. The van der Waals surface area contributed by atoms with E-state index in [0.717, 1.165) is 0 Å². The summed E-state index contributed by atoms with van der Waals surface area (Å²) in [7, 11) is 0. The Bertz CT molecular complexity index is 77.6. The minimum absolute atomic E-state index is 0.0174. The third-order valence-electron chi connectivity index (χ3n) is 1.22. The van der Waals surface area contributed by atoms with Crippen LogP contribution in [0.1, 0.15) is 47.5 Å². The largest absolute Gasteiger partial charge is 0.248 e. The molecule has 0 aromatic rings. The Labute approximate surface area is 69.0 Å². The zero-order valence-corrected chi connectivity index (χ0v) is 8.25. The summed E-state index contributed by atoms with van der Waals surface area (Å²) >= 11 is 0. The molecule has 0 aromatic carbocycles. The zero-order valence-electron chi connectivity index (χ0n) is 8.25. The van der Waals surface area contributed by atoms with Crippen molar-refractivity contribution in [3.8, 4) is 0 Å². The second kappa shape index (κ2) is 6.56. The van der Waals surface area contributed by atoms with Gasteiger partial charge in [-0.05, 0) is 5.92 Å². The molecule has 0 spiro atoms. The molecule has 0 unspecified atom stereocenters. The van der Waals surface area contributed by atoms with Crippen molar-refractivity contribution in [2.24, 2.45) is 5.92 Å². The van der Waals surface area contributed by atoms with Gasteiger partial charge in [0, 0.05) is 12.8 Å². The molecule has 0 heterocycles. The maximum Gasteiger partial charge on any atom is 0.248 e. The van der Waals surface area contributed by atoms with Crippen LogP contribution in [0.5, 0.6) is 0 Å². The van der Waals surface area contributed by atoms with E-state index in [1.54, 1.807) is 0 Å². The summed E-state index contributed by atoms with van der Waals surface area (Å²) in [5, 5.41) is 0. The maximum atomic E-state index is 12.4. The molecule has 0 nitrogen and oxygen atoms in total. The van der Waals surface area contributed by atoms with Gasteiger partial charge in [-0.25, -0.2) is 8.78 Å². The molecule has 0 aliphatic carbocycles. The van der Waals surface area contributed by atoms with Crippen molar-refractivity contribution in [2.45, 2.75) is 53.4 Å². The van der Waals surface area contributed by atoms with Gasteiger partial charge in [-0.1, -0.05) is 34.6 Å². The van der Waals surface area contributed by atoms with Crippen LogP contribution in [0.4, 0.5) is 8.78 Å². The molecule has 0 aliphatic rings. The van der Waals surface area contributed by atoms with E-state index in [9.17, 15) is 8.78 Å². The van der Waals surface area contributed by atoms with Crippen molar-refractivity contribution < 1.29 is 8.78 Å². The molecule has 0 saturated carbocycles. The van der Waals surface area contributed by atoms with Crippen molar-refractivity contribution in [2.75, 3.05) is 0 Å². The van der Waals surface area contributed by atoms with Gasteiger partial charge >= 0.3 is 0 Å². The van der Waals surface area contributed by atoms with Gasteiger partial charge in [-0.2, -0.15) is 0 Å². The average Bonchev–Trinajstić information content (AvgIpc) is 1.90. The van der Waals surface area contributed by atoms with Crippen LogP contribution in [0.3, 0.4) is 0 Å². The molecule has 0 radical (unpaired) electrons. The van der Waals surface area contributed by atoms with Crippen LogP contribution in [0.15, 0.2) is 0 Å². The molecule has 0 bridgehead atoms. The van der Waals surface area contributed by atoms with Crippen molar-refractivity contribution >= 4 is 0 Å². The molecule has 0 rings (SSSR count). The van der Waals surface area contributed by atoms with E-state index in [0.29, 0.717) is 0 Å². The van der Waals surface area contributed by atoms with Crippen LogP contribution in [0.2, 0.25) is 0 Å². The van der Waals surface area contributed by atoms with Gasteiger partial charge in [-0.3, -0.25) is 0 Å². The summed E-state index contributed by atoms with van der Waals surface area (Å²) in [4.78, 5) is 0. The molecule has 2 heteroatoms. The Morgan fingerprint density at radius 3 is 1.64 bits per heavy atom. The molecule has 0 aliphatic heterocycles. The van der Waals surface area contributed by atoms with Crippen molar-refractivity contribution in [3.05, 3.63) is 0 Å². The molecular formula is C9H20F2. The summed E-state index contributed by atoms with van der Waals surface area (Å²) in [5.41, 5.74) is 0. The molecule has 0 saturated heterocycles. The van der Waals surface area contributed by atoms with Gasteiger partial charge in [0.1, 0.15) is 0 Å². The quantitative estimate of drug-likeness (QED) is 0.592. The van der Waals surface area contributed by atoms with Gasteiger partial charge in [0.2, 0.25) is 5.92 Å². The second-order valence-corrected chi connectivity index (χ2v) is 2.81. The lowest BCUT2D eigenvalue weighted by Gasteiger charge is -2.15. The third kappa shape index (κ3) is 9.86. The molecule has 0 aromatic heterocycles. The first kappa shape index (κ1) is 13.4. The average molecular weight is 166 g/mol. The summed E-state index contributed by atoms with van der Waals surface area (Å²) in [5.74, 6) is -2.34. The minimum atomic E-state index is -2.44. The predicted octanol–water partition coefficient (Wildman–Crippen LogP) is 4.10. The van der Waals surface area contributed by atoms with Crippen LogP contribution < -0.4 is 0 Å². The van der Waals surface area contributed by atoms with Crippen LogP contribution in [0, 0.1) is 5.92 Å². The van der Waals surface area contributed by atoms with E-state index >= 15 is 0 Å². The number of halogens is 2. The fourth-order valence-corrected chi connectivity index (χ4v) is 0.742. The second-order valence-electron chi connectivity index (χ2n) is 2.81. The Hall–Kier alpha value is -0.140. The number of hydrogen-bond donors (Lipinski definition) is 0. The minimum Gasteiger partial charge on any atom is -0.207 e. The lowest BCUT2D eigenvalue weighted by atomic mass is 10.0. The summed E-state index contributed by atoms with van der Waals surface area (Å²) in [6, 6.07) is 0. The standard InChI is InChI=1S/C7H14F2.C2H6/c1-4-7(8,9)5-6(2)3;1-2/h6H,4-5H2,1-3H3;1-2H3. The number of hydrogen-bond acceptors (Lipinski definition) is 0. The molecule has 0 atom stereocenters. The summed E-state index contributed by atoms with van der Waals surface area (Å²) in [6.07, 6.45) is -0.0192. The SMILES string of the molecule is CC.CCC(F)(F)CC(C)C. The Morgan fingerprint density at radius 1 is 1.18 bits per heavy atom. The molecule has 11 heavy (non-hydrogen) atoms. The lowest BCUT2D eigenvalue weighted by molar-refractivity contribution is -0.0224. The highest BCUT2D eigenvalue weighted by Crippen LogP contribution is 2.25. The lowest BCUT2D eigenvalue weighted by Crippen LogP contribution is -2.16. The first-order valence-corrected chi connectivity index (χ1v) is 4.36. The monoisotopic (exact) mass is 166 g/mol. The van der Waals surface area contributed by atoms with Gasteiger partial charge in [0.25, 0.3) is 0 Å². The zero-order chi connectivity index (χ0) is 9.49. The molecular weight excluding hydrogens is 146 g/mol. The van der Waals surface area contributed by atoms with E-state index in [2.05, 4.69) is 0 Å². The highest BCUT2D eigenvalue weighted by Gasteiger charge is 2.26. The highest BCUT2D eigenvalue weighted by atomic mass is 19.3.